The van der Waals surface area contributed by atoms with Gasteiger partial charge < -0.3 is 14.4 Å². The van der Waals surface area contributed by atoms with Gasteiger partial charge in [0.15, 0.2) is 0 Å². The summed E-state index contributed by atoms with van der Waals surface area (Å²) in [4.78, 5) is 24.0. The van der Waals surface area contributed by atoms with Gasteiger partial charge in [0.2, 0.25) is 5.91 Å². The van der Waals surface area contributed by atoms with E-state index in [9.17, 15) is 9.59 Å². The van der Waals surface area contributed by atoms with Crippen molar-refractivity contribution in [2.75, 3.05) is 26.9 Å². The average molecular weight is 213 g/mol. The van der Waals surface area contributed by atoms with E-state index in [1.54, 1.807) is 0 Å². The van der Waals surface area contributed by atoms with Crippen LogP contribution in [-0.4, -0.2) is 43.6 Å². The van der Waals surface area contributed by atoms with Crippen molar-refractivity contribution in [2.24, 2.45) is 0 Å². The maximum Gasteiger partial charge on any atom is 0.354 e. The fourth-order valence-corrected chi connectivity index (χ4v) is 1.34. The summed E-state index contributed by atoms with van der Waals surface area (Å²) < 4.78 is 9.58. The molecule has 0 bridgehead atoms. The van der Waals surface area contributed by atoms with Gasteiger partial charge in [-0.1, -0.05) is 6.58 Å². The molecule has 0 aromatic heterocycles. The molecule has 0 spiro atoms. The second-order valence-corrected chi connectivity index (χ2v) is 3.22. The Morgan fingerprint density at radius 1 is 1.53 bits per heavy atom. The van der Waals surface area contributed by atoms with Gasteiger partial charge >= 0.3 is 5.97 Å². The highest BCUT2D eigenvalue weighted by Crippen LogP contribution is 2.15. The summed E-state index contributed by atoms with van der Waals surface area (Å²) in [6, 6.07) is 0. The summed E-state index contributed by atoms with van der Waals surface area (Å²) in [6.45, 7) is 4.63. The summed E-state index contributed by atoms with van der Waals surface area (Å²) in [5.74, 6) is -0.619. The van der Waals surface area contributed by atoms with Gasteiger partial charge in [0, 0.05) is 20.1 Å². The van der Waals surface area contributed by atoms with Crippen LogP contribution in [0.4, 0.5) is 0 Å². The van der Waals surface area contributed by atoms with E-state index in [1.165, 1.54) is 12.0 Å². The summed E-state index contributed by atoms with van der Waals surface area (Å²) in [5.41, 5.74) is 0.119. The van der Waals surface area contributed by atoms with Gasteiger partial charge in [0.25, 0.3) is 0 Å². The molecule has 0 aliphatic carbocycles. The number of hydrogen-bond acceptors (Lipinski definition) is 4. The minimum absolute atomic E-state index is 0.0660. The standard InChI is InChI=1S/C10H15NO4/c1-8(10(13)15-7-6-14-2)11-5-3-4-9(11)12/h1,3-7H2,2H3. The molecule has 1 fully saturated rings. The lowest BCUT2D eigenvalue weighted by Crippen LogP contribution is -2.29. The summed E-state index contributed by atoms with van der Waals surface area (Å²) in [7, 11) is 1.52. The Hall–Kier alpha value is -1.36. The first kappa shape index (κ1) is 11.7. The smallest absolute Gasteiger partial charge is 0.354 e. The lowest BCUT2D eigenvalue weighted by molar-refractivity contribution is -0.144. The number of nitrogens with zero attached hydrogens (tertiary/aromatic N) is 1. The van der Waals surface area contributed by atoms with Crippen molar-refractivity contribution in [3.05, 3.63) is 12.3 Å². The first-order chi connectivity index (χ1) is 7.16. The molecule has 1 aliphatic rings. The Bertz CT molecular complexity index is 275. The Morgan fingerprint density at radius 2 is 2.27 bits per heavy atom. The predicted molar refractivity (Wildman–Crippen MR) is 52.9 cm³/mol. The molecule has 5 heteroatoms. The van der Waals surface area contributed by atoms with Crippen molar-refractivity contribution in [3.8, 4) is 0 Å². The normalized spacial score (nSPS) is 15.5. The number of likely N-dealkylation sites (tertiary alicyclic amines) is 1. The predicted octanol–water partition coefficient (Wildman–Crippen LogP) is 0.312. The molecule has 0 aromatic carbocycles. The fourth-order valence-electron chi connectivity index (χ4n) is 1.34. The van der Waals surface area contributed by atoms with Crippen molar-refractivity contribution in [3.63, 3.8) is 0 Å². The van der Waals surface area contributed by atoms with E-state index < -0.39 is 5.97 Å². The van der Waals surface area contributed by atoms with Gasteiger partial charge in [-0.05, 0) is 6.42 Å². The number of carbonyl (C=O) groups excluding carboxylic acids is 2. The Morgan fingerprint density at radius 3 is 2.80 bits per heavy atom. The maximum absolute atomic E-state index is 11.4. The summed E-state index contributed by atoms with van der Waals surface area (Å²) in [5, 5.41) is 0. The fraction of sp³-hybridized carbons (Fsp3) is 0.600. The SMILES string of the molecule is C=C(C(=O)OCCOC)N1CCCC1=O. The van der Waals surface area contributed by atoms with E-state index in [2.05, 4.69) is 6.58 Å². The molecule has 0 atom stereocenters. The van der Waals surface area contributed by atoms with Crippen LogP contribution in [0.25, 0.3) is 0 Å². The number of esters is 1. The van der Waals surface area contributed by atoms with Crippen LogP contribution >= 0.6 is 0 Å². The molecule has 15 heavy (non-hydrogen) atoms. The topological polar surface area (TPSA) is 55.8 Å². The molecule has 1 aliphatic heterocycles. The van der Waals surface area contributed by atoms with E-state index in [0.29, 0.717) is 19.6 Å². The third-order valence-corrected chi connectivity index (χ3v) is 2.16. The Labute approximate surface area is 88.6 Å². The van der Waals surface area contributed by atoms with Gasteiger partial charge in [-0.15, -0.1) is 0 Å². The monoisotopic (exact) mass is 213 g/mol. The van der Waals surface area contributed by atoms with Gasteiger partial charge in [-0.3, -0.25) is 4.79 Å². The van der Waals surface area contributed by atoms with E-state index in [1.807, 2.05) is 0 Å². The summed E-state index contributed by atoms with van der Waals surface area (Å²) in [6.07, 6.45) is 1.24. The molecule has 0 radical (unpaired) electrons. The molecule has 84 valence electrons. The molecule has 0 saturated carbocycles. The van der Waals surface area contributed by atoms with E-state index >= 15 is 0 Å². The molecule has 0 N–H and O–H groups in total. The lowest BCUT2D eigenvalue weighted by Gasteiger charge is -2.16. The molecule has 0 aromatic rings. The number of carbonyl (C=O) groups is 2. The maximum atomic E-state index is 11.4. The molecule has 1 saturated heterocycles. The number of amides is 1. The largest absolute Gasteiger partial charge is 0.459 e. The van der Waals surface area contributed by atoms with Gasteiger partial charge in [-0.2, -0.15) is 0 Å². The van der Waals surface area contributed by atoms with E-state index in [-0.39, 0.29) is 18.2 Å². The molecular formula is C10H15NO4. The molecule has 5 nitrogen and oxygen atoms in total. The van der Waals surface area contributed by atoms with Crippen LogP contribution in [-0.2, 0) is 19.1 Å². The van der Waals surface area contributed by atoms with E-state index in [0.717, 1.165) is 6.42 Å². The highest BCUT2D eigenvalue weighted by Gasteiger charge is 2.26. The first-order valence-electron chi connectivity index (χ1n) is 4.82. The number of hydrogen-bond donors (Lipinski definition) is 0. The van der Waals surface area contributed by atoms with Crippen molar-refractivity contribution in [1.29, 1.82) is 0 Å². The average Bonchev–Trinajstić information content (AvgIpc) is 2.63. The van der Waals surface area contributed by atoms with Crippen molar-refractivity contribution >= 4 is 11.9 Å². The highest BCUT2D eigenvalue weighted by atomic mass is 16.6. The second kappa shape index (κ2) is 5.50. The quantitative estimate of drug-likeness (QED) is 0.375. The van der Waals surface area contributed by atoms with Crippen molar-refractivity contribution in [2.45, 2.75) is 12.8 Å². The van der Waals surface area contributed by atoms with E-state index in [4.69, 9.17) is 9.47 Å². The highest BCUT2D eigenvalue weighted by molar-refractivity contribution is 5.94. The molecule has 1 rings (SSSR count). The minimum Gasteiger partial charge on any atom is -0.459 e. The molecule has 1 heterocycles. The summed E-state index contributed by atoms with van der Waals surface area (Å²) >= 11 is 0. The van der Waals surface area contributed by atoms with Crippen molar-refractivity contribution < 1.29 is 19.1 Å². The number of ether oxygens (including phenoxy) is 2. The van der Waals surface area contributed by atoms with Crippen LogP contribution in [0.3, 0.4) is 0 Å². The number of rotatable bonds is 5. The van der Waals surface area contributed by atoms with Gasteiger partial charge in [-0.25, -0.2) is 4.79 Å². The van der Waals surface area contributed by atoms with Gasteiger partial charge in [0.05, 0.1) is 6.61 Å². The van der Waals surface area contributed by atoms with Crippen LogP contribution in [0, 0.1) is 0 Å². The zero-order chi connectivity index (χ0) is 11.3. The van der Waals surface area contributed by atoms with Crippen LogP contribution in [0.15, 0.2) is 12.3 Å². The zero-order valence-electron chi connectivity index (χ0n) is 8.82. The van der Waals surface area contributed by atoms with Crippen LogP contribution < -0.4 is 0 Å². The second-order valence-electron chi connectivity index (χ2n) is 3.22. The van der Waals surface area contributed by atoms with Gasteiger partial charge in [0.1, 0.15) is 12.3 Å². The van der Waals surface area contributed by atoms with Crippen LogP contribution in [0.2, 0.25) is 0 Å². The third-order valence-electron chi connectivity index (χ3n) is 2.16. The van der Waals surface area contributed by atoms with Crippen LogP contribution in [0.1, 0.15) is 12.8 Å². The number of methoxy groups -OCH3 is 1. The van der Waals surface area contributed by atoms with Crippen LogP contribution in [0.5, 0.6) is 0 Å². The molecule has 1 amide bonds. The minimum atomic E-state index is -0.553. The first-order valence-corrected chi connectivity index (χ1v) is 4.82. The third kappa shape index (κ3) is 3.06. The zero-order valence-corrected chi connectivity index (χ0v) is 8.82. The Kier molecular flexibility index (Phi) is 4.30. The van der Waals surface area contributed by atoms with Crippen molar-refractivity contribution in [1.82, 2.24) is 4.90 Å². The molecular weight excluding hydrogens is 198 g/mol. The lowest BCUT2D eigenvalue weighted by atomic mass is 10.4. The Balaban J connectivity index is 2.38. The molecule has 0 unspecified atom stereocenters.